The summed E-state index contributed by atoms with van der Waals surface area (Å²) in [6.07, 6.45) is 13.6. The normalized spacial score (nSPS) is 22.3. The van der Waals surface area contributed by atoms with Crippen LogP contribution in [0.2, 0.25) is 0 Å². The van der Waals surface area contributed by atoms with Gasteiger partial charge in [-0.1, -0.05) is 58.3 Å². The molecule has 0 aromatic heterocycles. The molecule has 0 N–H and O–H groups in total. The predicted molar refractivity (Wildman–Crippen MR) is 90.9 cm³/mol. The summed E-state index contributed by atoms with van der Waals surface area (Å²) in [5.41, 5.74) is -0.265. The number of ketones is 1. The topological polar surface area (TPSA) is 35.5 Å². The Morgan fingerprint density at radius 1 is 1.05 bits per heavy atom. The minimum atomic E-state index is -0.392. The first kappa shape index (κ1) is 19.4. The van der Waals surface area contributed by atoms with Gasteiger partial charge in [0, 0.05) is 0 Å². The molecule has 0 bridgehead atoms. The van der Waals surface area contributed by atoms with Crippen molar-refractivity contribution in [3.05, 3.63) is 12.2 Å². The summed E-state index contributed by atoms with van der Waals surface area (Å²) in [5.74, 6) is 0.0803. The first-order valence-corrected chi connectivity index (χ1v) is 8.97. The molecule has 0 radical (unpaired) electrons. The van der Waals surface area contributed by atoms with Crippen LogP contribution in [-0.4, -0.2) is 23.8 Å². The summed E-state index contributed by atoms with van der Waals surface area (Å²) >= 11 is 0. The number of carbonyl (C=O) groups excluding carboxylic acids is 1. The van der Waals surface area contributed by atoms with Gasteiger partial charge < -0.3 is 9.47 Å². The maximum absolute atomic E-state index is 11.9. The van der Waals surface area contributed by atoms with E-state index < -0.39 is 6.29 Å². The summed E-state index contributed by atoms with van der Waals surface area (Å²) in [7, 11) is 0. The van der Waals surface area contributed by atoms with Crippen molar-refractivity contribution in [1.29, 1.82) is 0 Å². The van der Waals surface area contributed by atoms with Crippen molar-refractivity contribution in [3.63, 3.8) is 0 Å². The fourth-order valence-corrected chi connectivity index (χ4v) is 2.64. The van der Waals surface area contributed by atoms with E-state index in [9.17, 15) is 4.79 Å². The second-order valence-electron chi connectivity index (χ2n) is 7.25. The molecule has 1 aliphatic heterocycles. The SMILES string of the molecule is CCCCCCCCCC[C@H]1OC(OC(C)(C)C)C=CC1=O. The van der Waals surface area contributed by atoms with Crippen LogP contribution in [0.5, 0.6) is 0 Å². The number of unbranched alkanes of at least 4 members (excludes halogenated alkanes) is 7. The van der Waals surface area contributed by atoms with E-state index in [1.54, 1.807) is 12.2 Å². The summed E-state index contributed by atoms with van der Waals surface area (Å²) in [5, 5.41) is 0. The van der Waals surface area contributed by atoms with E-state index in [1.807, 2.05) is 20.8 Å². The van der Waals surface area contributed by atoms with Crippen molar-refractivity contribution in [2.45, 2.75) is 103 Å². The van der Waals surface area contributed by atoms with Crippen molar-refractivity contribution in [2.75, 3.05) is 0 Å². The highest BCUT2D eigenvalue weighted by Gasteiger charge is 2.27. The van der Waals surface area contributed by atoms with E-state index in [0.717, 1.165) is 12.8 Å². The second kappa shape index (κ2) is 10.2. The molecule has 0 fully saturated rings. The predicted octanol–water partition coefficient (Wildman–Crippen LogP) is 5.18. The van der Waals surface area contributed by atoms with Crippen LogP contribution in [0.1, 0.15) is 85.5 Å². The fraction of sp³-hybridized carbons (Fsp3) is 0.842. The van der Waals surface area contributed by atoms with Gasteiger partial charge in [-0.05, 0) is 39.3 Å². The Morgan fingerprint density at radius 2 is 1.64 bits per heavy atom. The van der Waals surface area contributed by atoms with Crippen LogP contribution >= 0.6 is 0 Å². The number of hydrogen-bond donors (Lipinski definition) is 0. The van der Waals surface area contributed by atoms with E-state index in [-0.39, 0.29) is 17.5 Å². The lowest BCUT2D eigenvalue weighted by Gasteiger charge is -2.30. The third-order valence-electron chi connectivity index (χ3n) is 3.82. The Balaban J connectivity index is 2.17. The van der Waals surface area contributed by atoms with Crippen LogP contribution in [0.15, 0.2) is 12.2 Å². The van der Waals surface area contributed by atoms with Gasteiger partial charge in [0.1, 0.15) is 6.10 Å². The van der Waals surface area contributed by atoms with Gasteiger partial charge in [0.2, 0.25) is 0 Å². The molecular weight excluding hydrogens is 276 g/mol. The Hall–Kier alpha value is -0.670. The van der Waals surface area contributed by atoms with Crippen LogP contribution in [0, 0.1) is 0 Å². The minimum Gasteiger partial charge on any atom is -0.343 e. The molecule has 0 saturated heterocycles. The Bertz CT molecular complexity index is 341. The molecule has 3 nitrogen and oxygen atoms in total. The van der Waals surface area contributed by atoms with E-state index >= 15 is 0 Å². The van der Waals surface area contributed by atoms with Gasteiger partial charge in [0.15, 0.2) is 12.1 Å². The molecule has 0 aliphatic carbocycles. The lowest BCUT2D eigenvalue weighted by Crippen LogP contribution is -2.37. The second-order valence-corrected chi connectivity index (χ2v) is 7.25. The lowest BCUT2D eigenvalue weighted by atomic mass is 10.0. The molecule has 2 atom stereocenters. The van der Waals surface area contributed by atoms with Gasteiger partial charge in [-0.15, -0.1) is 0 Å². The van der Waals surface area contributed by atoms with Crippen molar-refractivity contribution in [3.8, 4) is 0 Å². The highest BCUT2D eigenvalue weighted by atomic mass is 16.7. The number of ether oxygens (including phenoxy) is 2. The zero-order chi connectivity index (χ0) is 16.4. The molecule has 1 rings (SSSR count). The molecular formula is C19H34O3. The minimum absolute atomic E-state index is 0.0803. The third kappa shape index (κ3) is 8.70. The van der Waals surface area contributed by atoms with Crippen LogP contribution in [0.25, 0.3) is 0 Å². The molecule has 128 valence electrons. The molecule has 0 spiro atoms. The Kier molecular flexibility index (Phi) is 8.96. The van der Waals surface area contributed by atoms with Gasteiger partial charge in [0.05, 0.1) is 5.60 Å². The van der Waals surface area contributed by atoms with Gasteiger partial charge in [-0.3, -0.25) is 4.79 Å². The molecule has 3 heteroatoms. The van der Waals surface area contributed by atoms with Gasteiger partial charge in [-0.2, -0.15) is 0 Å². The zero-order valence-corrected chi connectivity index (χ0v) is 14.9. The zero-order valence-electron chi connectivity index (χ0n) is 14.9. The van der Waals surface area contributed by atoms with Crippen LogP contribution < -0.4 is 0 Å². The molecule has 0 amide bonds. The molecule has 1 unspecified atom stereocenters. The molecule has 1 aliphatic rings. The molecule has 22 heavy (non-hydrogen) atoms. The van der Waals surface area contributed by atoms with E-state index in [4.69, 9.17) is 9.47 Å². The largest absolute Gasteiger partial charge is 0.343 e. The standard InChI is InChI=1S/C19H34O3/c1-5-6-7-8-9-10-11-12-13-17-16(20)14-15-18(21-17)22-19(2,3)4/h14-15,17-18H,5-13H2,1-4H3/t17-,18?/m1/s1. The van der Waals surface area contributed by atoms with Gasteiger partial charge >= 0.3 is 0 Å². The van der Waals surface area contributed by atoms with Gasteiger partial charge in [-0.25, -0.2) is 0 Å². The quantitative estimate of drug-likeness (QED) is 0.521. The third-order valence-corrected chi connectivity index (χ3v) is 3.82. The fourth-order valence-electron chi connectivity index (χ4n) is 2.64. The van der Waals surface area contributed by atoms with Crippen LogP contribution in [0.3, 0.4) is 0 Å². The molecule has 0 aromatic rings. The first-order chi connectivity index (χ1) is 10.4. The van der Waals surface area contributed by atoms with Crippen molar-refractivity contribution >= 4 is 5.78 Å². The highest BCUT2D eigenvalue weighted by molar-refractivity contribution is 5.94. The average Bonchev–Trinajstić information content (AvgIpc) is 2.43. The van der Waals surface area contributed by atoms with E-state index in [0.29, 0.717) is 0 Å². The number of hydrogen-bond acceptors (Lipinski definition) is 3. The van der Waals surface area contributed by atoms with Crippen molar-refractivity contribution < 1.29 is 14.3 Å². The van der Waals surface area contributed by atoms with Gasteiger partial charge in [0.25, 0.3) is 0 Å². The van der Waals surface area contributed by atoms with Crippen LogP contribution in [0.4, 0.5) is 0 Å². The smallest absolute Gasteiger partial charge is 0.184 e. The van der Waals surface area contributed by atoms with E-state index in [1.165, 1.54) is 44.9 Å². The monoisotopic (exact) mass is 310 g/mol. The highest BCUT2D eigenvalue weighted by Crippen LogP contribution is 2.21. The number of carbonyl (C=O) groups is 1. The van der Waals surface area contributed by atoms with Crippen LogP contribution in [-0.2, 0) is 14.3 Å². The number of rotatable bonds is 10. The summed E-state index contributed by atoms with van der Waals surface area (Å²) in [6.45, 7) is 8.22. The first-order valence-electron chi connectivity index (χ1n) is 8.97. The maximum Gasteiger partial charge on any atom is 0.184 e. The lowest BCUT2D eigenvalue weighted by molar-refractivity contribution is -0.196. The Morgan fingerprint density at radius 3 is 2.23 bits per heavy atom. The van der Waals surface area contributed by atoms with E-state index in [2.05, 4.69) is 6.92 Å². The Labute approximate surface area is 136 Å². The van der Waals surface area contributed by atoms with Crippen molar-refractivity contribution in [2.24, 2.45) is 0 Å². The summed E-state index contributed by atoms with van der Waals surface area (Å²) in [4.78, 5) is 11.9. The van der Waals surface area contributed by atoms with Crippen molar-refractivity contribution in [1.82, 2.24) is 0 Å². The summed E-state index contributed by atoms with van der Waals surface area (Å²) in [6, 6.07) is 0. The summed E-state index contributed by atoms with van der Waals surface area (Å²) < 4.78 is 11.6. The molecule has 0 saturated carbocycles. The average molecular weight is 310 g/mol. The maximum atomic E-state index is 11.9. The molecule has 1 heterocycles. The molecule has 0 aromatic carbocycles.